The molecule has 2 fully saturated rings. The number of thioether (sulfide) groups is 1. The van der Waals surface area contributed by atoms with E-state index in [0.717, 1.165) is 52.3 Å². The molecule has 17 atom stereocenters. The molecule has 0 bridgehead atoms. The summed E-state index contributed by atoms with van der Waals surface area (Å²) in [4.78, 5) is 243. The van der Waals surface area contributed by atoms with Crippen LogP contribution in [0, 0.1) is 5.92 Å². The second kappa shape index (κ2) is 46.3. The SMILES string of the molecule is CC(C)[C@@H]1NC(=O)[C@H]([C@@H](C)O)NC(=O)[C@H](Cc2ccc(O)cc2)NC(=O)[C@H](Cc2cnc[nH]2)NC(=O)[C@H](C)N(C)C(=O)CNC(=O)[C@H](Cc2ccccc2)N(C)C(O)[C@H](Cc2ccccc2)N(C)C(=O)[C@H](CC(=O)O)NC(=O)CN(C)C(=O)[C@H]([C@@H](C)O)NC(=O)[C@H](Cc2c[nH]c3ccccc23)NC(=O)CSC[C@@H](C=O)NC(=O)[C@H](C)NC(=O)[C@@H]2C[C@@H](O)CN2C1=O. The Morgan fingerprint density at radius 1 is 0.563 bits per heavy atom. The molecule has 2 saturated heterocycles. The lowest BCUT2D eigenvalue weighted by molar-refractivity contribution is -0.150. The molecule has 0 saturated carbocycles. The van der Waals surface area contributed by atoms with Gasteiger partial charge in [0, 0.05) is 88.1 Å². The fourth-order valence-electron chi connectivity index (χ4n) is 14.4. The van der Waals surface area contributed by atoms with Crippen LogP contribution >= 0.6 is 11.8 Å². The standard InChI is InChI=1S/C85H112N18O22S/c1-45(2)71-85(125)103-39-57(108)34-65(103)80(120)90-46(3)74(114)91-55(41-104)42-126-43-68(110)92-61(32-53-36-87-59-24-18-17-23-58(53)59)78(118)98-73(49(6)106)84(124)99(7)40-67(109)93-63(35-70(112)113)82(122)102(10)66(31-51-21-15-12-16-22-51)83(123)101(9)64(30-50-19-13-11-14-20-50)79(119)88-38-69(111)100(8)47(4)75(115)94-62(33-54-37-86-44-89-54)76(116)95-60(29-52-25-27-56(107)28-26-52)77(117)97-72(48(5)105)81(121)96-71/h11-28,36-37,41,44-49,55,57,60-66,71-73,83,87,105-108,123H,29-35,38-40,42-43H2,1-10H3,(H,86,89)(H,88,119)(H,90,120)(H,91,114)(H,92,110)(H,93,109)(H,94,115)(H,95,116)(H,96,121)(H,97,117)(H,98,118)(H,112,113)/t46-,47-,48+,49+,55+,57+,60-,61-,62-,63-,64-,65-,66-,71-,72-,73-,83?/m0/s1. The van der Waals surface area contributed by atoms with Crippen molar-refractivity contribution >= 4 is 118 Å². The van der Waals surface area contributed by atoms with Gasteiger partial charge < -0.3 is 118 Å². The quantitative estimate of drug-likeness (QED) is 0.0413. The van der Waals surface area contributed by atoms with Crippen LogP contribution in [0.15, 0.2) is 128 Å². The summed E-state index contributed by atoms with van der Waals surface area (Å²) in [5.41, 5.74) is 2.88. The van der Waals surface area contributed by atoms with Crippen LogP contribution in [0.3, 0.4) is 0 Å². The van der Waals surface area contributed by atoms with Gasteiger partial charge in [-0.15, -0.1) is 11.8 Å². The highest BCUT2D eigenvalue weighted by Crippen LogP contribution is 2.26. The smallest absolute Gasteiger partial charge is 0.305 e. The van der Waals surface area contributed by atoms with E-state index in [-0.39, 0.29) is 50.0 Å². The summed E-state index contributed by atoms with van der Waals surface area (Å²) in [5, 5.41) is 92.6. The number of aliphatic hydroxyl groups is 4. The van der Waals surface area contributed by atoms with Gasteiger partial charge >= 0.3 is 5.97 Å². The zero-order valence-corrected chi connectivity index (χ0v) is 72.2. The van der Waals surface area contributed by atoms with Gasteiger partial charge in [0.15, 0.2) is 0 Å². The number of amides is 14. The van der Waals surface area contributed by atoms with Crippen molar-refractivity contribution < 1.29 is 107 Å². The molecule has 0 radical (unpaired) electrons. The number of carbonyl (C=O) groups is 16. The molecule has 0 spiro atoms. The zero-order valence-electron chi connectivity index (χ0n) is 71.4. The summed E-state index contributed by atoms with van der Waals surface area (Å²) in [6, 6.07) is 8.93. The number of phenolic OH excluding ortho intramolecular Hbond substituents is 1. The molecule has 41 heteroatoms. The van der Waals surface area contributed by atoms with Crippen LogP contribution in [0.1, 0.15) is 82.3 Å². The number of aliphatic carboxylic acids is 1. The molecule has 6 aromatic rings. The van der Waals surface area contributed by atoms with Gasteiger partial charge in [-0.05, 0) is 94.0 Å². The number of nitrogens with one attached hydrogen (secondary N) is 12. The van der Waals surface area contributed by atoms with Gasteiger partial charge in [0.05, 0.1) is 68.0 Å². The van der Waals surface area contributed by atoms with Gasteiger partial charge in [-0.1, -0.05) is 105 Å². The third kappa shape index (κ3) is 27.6. The van der Waals surface area contributed by atoms with Gasteiger partial charge in [0.1, 0.15) is 78.7 Å². The summed E-state index contributed by atoms with van der Waals surface area (Å²) in [7, 11) is 4.95. The van der Waals surface area contributed by atoms with E-state index in [4.69, 9.17) is 0 Å². The number of imidazole rings is 1. The fourth-order valence-corrected chi connectivity index (χ4v) is 15.2. The number of carbonyl (C=O) groups excluding carboxylic acids is 15. The number of benzene rings is 4. The van der Waals surface area contributed by atoms with Crippen LogP contribution in [-0.4, -0.2) is 327 Å². The molecule has 2 aliphatic heterocycles. The molecule has 126 heavy (non-hydrogen) atoms. The van der Waals surface area contributed by atoms with E-state index in [9.17, 15) is 107 Å². The van der Waals surface area contributed by atoms with Crippen LogP contribution in [0.25, 0.3) is 10.9 Å². The van der Waals surface area contributed by atoms with E-state index in [2.05, 4.69) is 68.1 Å². The number of nitrogens with zero attached hydrogens (tertiary/aromatic N) is 6. The number of hydrogen-bond acceptors (Lipinski definition) is 24. The van der Waals surface area contributed by atoms with Crippen molar-refractivity contribution in [2.24, 2.45) is 5.92 Å². The van der Waals surface area contributed by atoms with E-state index in [1.807, 2.05) is 0 Å². The number of H-pyrrole nitrogens is 2. The van der Waals surface area contributed by atoms with Crippen molar-refractivity contribution in [2.45, 2.75) is 190 Å². The second-order valence-electron chi connectivity index (χ2n) is 31.8. The zero-order chi connectivity index (χ0) is 92.5. The number of para-hydroxylation sites is 1. The molecule has 4 aromatic carbocycles. The first kappa shape index (κ1) is 98.7. The van der Waals surface area contributed by atoms with E-state index in [0.29, 0.717) is 45.1 Å². The molecule has 40 nitrogen and oxygen atoms in total. The highest BCUT2D eigenvalue weighted by molar-refractivity contribution is 8.00. The largest absolute Gasteiger partial charge is 0.508 e. The Labute approximate surface area is 730 Å². The van der Waals surface area contributed by atoms with Crippen molar-refractivity contribution in [2.75, 3.05) is 59.3 Å². The minimum atomic E-state index is -1.92. The van der Waals surface area contributed by atoms with E-state index < -0.39 is 229 Å². The Morgan fingerprint density at radius 2 is 1.13 bits per heavy atom. The second-order valence-corrected chi connectivity index (χ2v) is 32.9. The number of fused-ring (bicyclic) bond motifs is 2. The first-order valence-corrected chi connectivity index (χ1v) is 42.0. The summed E-state index contributed by atoms with van der Waals surface area (Å²) < 4.78 is 0. The van der Waals surface area contributed by atoms with Crippen molar-refractivity contribution in [3.8, 4) is 5.75 Å². The minimum absolute atomic E-state index is 0.151. The molecule has 18 N–H and O–H groups in total. The maximum Gasteiger partial charge on any atom is 0.305 e. The number of aliphatic hydroxyl groups excluding tert-OH is 4. The van der Waals surface area contributed by atoms with Gasteiger partial charge in [-0.3, -0.25) is 76.8 Å². The molecule has 680 valence electrons. The number of likely N-dealkylation sites (N-methyl/N-ethyl adjacent to an activating group) is 4. The highest BCUT2D eigenvalue weighted by atomic mass is 32.2. The molecule has 0 aliphatic carbocycles. The Hall–Kier alpha value is -12.7. The molecule has 2 aromatic heterocycles. The third-order valence-electron chi connectivity index (χ3n) is 21.8. The Balaban J connectivity index is 1.11. The predicted molar refractivity (Wildman–Crippen MR) is 456 cm³/mol. The van der Waals surface area contributed by atoms with Gasteiger partial charge in [0.2, 0.25) is 82.7 Å². The Bertz CT molecular complexity index is 4810. The molecule has 1 unspecified atom stereocenters. The highest BCUT2D eigenvalue weighted by Gasteiger charge is 2.46. The summed E-state index contributed by atoms with van der Waals surface area (Å²) in [5.74, 6) is -17.0. The first-order chi connectivity index (χ1) is 59.7. The van der Waals surface area contributed by atoms with Crippen LogP contribution in [0.2, 0.25) is 0 Å². The van der Waals surface area contributed by atoms with Crippen molar-refractivity contribution in [1.82, 2.24) is 92.6 Å². The maximum absolute atomic E-state index is 15.0. The van der Waals surface area contributed by atoms with Crippen LogP contribution < -0.4 is 53.2 Å². The van der Waals surface area contributed by atoms with E-state index >= 15 is 0 Å². The molecule has 4 heterocycles. The number of aldehydes is 1. The number of aromatic nitrogens is 3. The summed E-state index contributed by atoms with van der Waals surface area (Å²) in [6.45, 7) is 5.79. The molecule has 2 aliphatic rings. The van der Waals surface area contributed by atoms with Crippen molar-refractivity contribution in [3.05, 3.63) is 156 Å². The lowest BCUT2D eigenvalue weighted by Crippen LogP contribution is -2.62. The number of rotatable bonds is 16. The number of aromatic hydroxyl groups is 1. The lowest BCUT2D eigenvalue weighted by Gasteiger charge is -2.40. The van der Waals surface area contributed by atoms with Crippen molar-refractivity contribution in [1.29, 1.82) is 0 Å². The number of carboxylic acids is 1. The third-order valence-corrected chi connectivity index (χ3v) is 22.9. The number of phenols is 1. The van der Waals surface area contributed by atoms with E-state index in [1.165, 1.54) is 90.5 Å². The monoisotopic (exact) mass is 1770 g/mol. The molecule has 8 rings (SSSR count). The summed E-state index contributed by atoms with van der Waals surface area (Å²) in [6.07, 6.45) is -4.63. The first-order valence-electron chi connectivity index (χ1n) is 40.9. The number of aromatic amines is 2. The average molecular weight is 1770 g/mol. The van der Waals surface area contributed by atoms with Gasteiger partial charge in [-0.25, -0.2) is 4.98 Å². The number of hydrogen-bond donors (Lipinski definition) is 18. The molecular formula is C85H112N18O22S. The maximum atomic E-state index is 15.0. The van der Waals surface area contributed by atoms with Crippen molar-refractivity contribution in [3.63, 3.8) is 0 Å². The van der Waals surface area contributed by atoms with Gasteiger partial charge in [-0.2, -0.15) is 0 Å². The van der Waals surface area contributed by atoms with Crippen LogP contribution in [0.5, 0.6) is 5.75 Å². The van der Waals surface area contributed by atoms with Gasteiger partial charge in [0.25, 0.3) is 0 Å². The Kier molecular flexibility index (Phi) is 36.3. The fraction of sp³-hybridized carbons (Fsp3) is 0.471. The Morgan fingerprint density at radius 3 is 1.75 bits per heavy atom. The predicted octanol–water partition coefficient (Wildman–Crippen LogP) is -3.84. The molecular weight excluding hydrogens is 1660 g/mol. The minimum Gasteiger partial charge on any atom is -0.508 e. The van der Waals surface area contributed by atoms with Crippen LogP contribution in [-0.2, 0) is 109 Å². The molecule has 14 amide bonds. The summed E-state index contributed by atoms with van der Waals surface area (Å²) >= 11 is 0.837. The normalized spacial score (nSPS) is 26.2. The van der Waals surface area contributed by atoms with Crippen LogP contribution in [0.4, 0.5) is 0 Å². The topological polar surface area (TPSA) is 575 Å². The average Bonchev–Trinajstić information content (AvgIpc) is 1.29. The lowest BCUT2D eigenvalue weighted by atomic mass is 9.98. The van der Waals surface area contributed by atoms with E-state index in [1.54, 1.807) is 91.1 Å². The number of carboxylic acid groups (broad SMARTS) is 1.